The van der Waals surface area contributed by atoms with Gasteiger partial charge in [-0.1, -0.05) is 54.6 Å². The molecule has 0 atom stereocenters. The number of H-pyrrole nitrogens is 1. The van der Waals surface area contributed by atoms with Gasteiger partial charge in [0.1, 0.15) is 6.61 Å². The first-order valence-corrected chi connectivity index (χ1v) is 10.5. The number of benzene rings is 3. The van der Waals surface area contributed by atoms with E-state index in [1.807, 2.05) is 31.2 Å². The lowest BCUT2D eigenvalue weighted by Gasteiger charge is -2.14. The highest BCUT2D eigenvalue weighted by Gasteiger charge is 2.08. The standard InChI is InChI=1S/C26H28N2O2.ClH/c1-2-29-26-16-21(12-13-25(26)30-19-20-8-4-3-5-9-20)17-27-15-14-22-18-28-24-11-7-6-10-23(22)24;/h3-13,16,18,27-28H,2,14-15,17,19H2,1H3;1H. The van der Waals surface area contributed by atoms with Crippen molar-refractivity contribution in [2.75, 3.05) is 13.2 Å². The monoisotopic (exact) mass is 436 g/mol. The molecule has 31 heavy (non-hydrogen) atoms. The SMILES string of the molecule is CCOc1cc(CNCCc2c[nH]c3ccccc23)ccc1OCc1ccccc1.Cl. The molecule has 4 rings (SSSR count). The molecule has 162 valence electrons. The highest BCUT2D eigenvalue weighted by atomic mass is 35.5. The van der Waals surface area contributed by atoms with Crippen LogP contribution in [0, 0.1) is 0 Å². The number of rotatable bonds is 10. The Balaban J connectivity index is 0.00000272. The van der Waals surface area contributed by atoms with Crippen LogP contribution in [0.1, 0.15) is 23.6 Å². The van der Waals surface area contributed by atoms with E-state index in [0.29, 0.717) is 13.2 Å². The Bertz CT molecular complexity index is 1080. The zero-order chi connectivity index (χ0) is 20.6. The quantitative estimate of drug-likeness (QED) is 0.304. The molecule has 1 heterocycles. The number of ether oxygens (including phenoxy) is 2. The van der Waals surface area contributed by atoms with Gasteiger partial charge in [0.05, 0.1) is 6.61 Å². The molecule has 2 N–H and O–H groups in total. The number of halogens is 1. The molecule has 4 aromatic rings. The normalized spacial score (nSPS) is 10.6. The van der Waals surface area contributed by atoms with Crippen molar-refractivity contribution in [2.45, 2.75) is 26.5 Å². The smallest absolute Gasteiger partial charge is 0.161 e. The summed E-state index contributed by atoms with van der Waals surface area (Å²) >= 11 is 0. The lowest BCUT2D eigenvalue weighted by molar-refractivity contribution is 0.269. The summed E-state index contributed by atoms with van der Waals surface area (Å²) in [5.41, 5.74) is 4.87. The Morgan fingerprint density at radius 3 is 2.48 bits per heavy atom. The summed E-state index contributed by atoms with van der Waals surface area (Å²) in [5, 5.41) is 4.84. The molecule has 4 nitrogen and oxygen atoms in total. The van der Waals surface area contributed by atoms with E-state index in [2.05, 4.69) is 65.0 Å². The van der Waals surface area contributed by atoms with E-state index in [9.17, 15) is 0 Å². The van der Waals surface area contributed by atoms with Crippen LogP contribution in [0.2, 0.25) is 0 Å². The minimum Gasteiger partial charge on any atom is -0.490 e. The average Bonchev–Trinajstić information content (AvgIpc) is 3.20. The topological polar surface area (TPSA) is 46.3 Å². The van der Waals surface area contributed by atoms with Crippen LogP contribution >= 0.6 is 12.4 Å². The summed E-state index contributed by atoms with van der Waals surface area (Å²) < 4.78 is 11.8. The third-order valence-corrected chi connectivity index (χ3v) is 5.12. The Morgan fingerprint density at radius 2 is 1.65 bits per heavy atom. The molecule has 0 spiro atoms. The van der Waals surface area contributed by atoms with Gasteiger partial charge in [-0.3, -0.25) is 0 Å². The summed E-state index contributed by atoms with van der Waals surface area (Å²) in [6.07, 6.45) is 3.10. The molecule has 0 amide bonds. The van der Waals surface area contributed by atoms with Crippen LogP contribution in [0.5, 0.6) is 11.5 Å². The zero-order valence-corrected chi connectivity index (χ0v) is 18.6. The van der Waals surface area contributed by atoms with Gasteiger partial charge in [-0.25, -0.2) is 0 Å². The van der Waals surface area contributed by atoms with E-state index in [4.69, 9.17) is 9.47 Å². The van der Waals surface area contributed by atoms with E-state index in [1.165, 1.54) is 22.0 Å². The number of nitrogens with one attached hydrogen (secondary N) is 2. The first kappa shape index (κ1) is 22.7. The summed E-state index contributed by atoms with van der Waals surface area (Å²) in [4.78, 5) is 3.34. The Morgan fingerprint density at radius 1 is 0.839 bits per heavy atom. The second-order valence-electron chi connectivity index (χ2n) is 7.27. The summed E-state index contributed by atoms with van der Waals surface area (Å²) in [5.74, 6) is 1.58. The van der Waals surface area contributed by atoms with Crippen LogP contribution < -0.4 is 14.8 Å². The summed E-state index contributed by atoms with van der Waals surface area (Å²) in [6.45, 7) is 4.84. The van der Waals surface area contributed by atoms with Crippen LogP contribution in [-0.2, 0) is 19.6 Å². The second kappa shape index (κ2) is 11.4. The molecular weight excluding hydrogens is 408 g/mol. The van der Waals surface area contributed by atoms with Gasteiger partial charge in [-0.05, 0) is 54.8 Å². The molecule has 1 aromatic heterocycles. The molecule has 0 aliphatic rings. The van der Waals surface area contributed by atoms with Gasteiger partial charge < -0.3 is 19.8 Å². The molecule has 0 bridgehead atoms. The second-order valence-corrected chi connectivity index (χ2v) is 7.27. The first-order chi connectivity index (χ1) is 14.8. The maximum atomic E-state index is 6.00. The van der Waals surface area contributed by atoms with Crippen molar-refractivity contribution in [3.8, 4) is 11.5 Å². The van der Waals surface area contributed by atoms with Crippen molar-refractivity contribution in [1.82, 2.24) is 10.3 Å². The largest absolute Gasteiger partial charge is 0.490 e. The third-order valence-electron chi connectivity index (χ3n) is 5.12. The minimum absolute atomic E-state index is 0. The van der Waals surface area contributed by atoms with Crippen molar-refractivity contribution in [3.05, 3.63) is 95.7 Å². The molecule has 0 aliphatic heterocycles. The molecular formula is C26H29ClN2O2. The van der Waals surface area contributed by atoms with Gasteiger partial charge in [0.25, 0.3) is 0 Å². The Kier molecular flexibility index (Phi) is 8.39. The lowest BCUT2D eigenvalue weighted by Crippen LogP contribution is -2.16. The predicted octanol–water partition coefficient (Wildman–Crippen LogP) is 5.90. The zero-order valence-electron chi connectivity index (χ0n) is 17.8. The first-order valence-electron chi connectivity index (χ1n) is 10.5. The van der Waals surface area contributed by atoms with Crippen molar-refractivity contribution in [1.29, 1.82) is 0 Å². The van der Waals surface area contributed by atoms with Crippen LogP contribution in [-0.4, -0.2) is 18.1 Å². The third kappa shape index (κ3) is 6.03. The number of aromatic nitrogens is 1. The number of para-hydroxylation sites is 1. The number of fused-ring (bicyclic) bond motifs is 1. The predicted molar refractivity (Wildman–Crippen MR) is 129 cm³/mol. The Labute approximate surface area is 190 Å². The van der Waals surface area contributed by atoms with Gasteiger partial charge in [-0.15, -0.1) is 12.4 Å². The van der Waals surface area contributed by atoms with Gasteiger partial charge in [0.15, 0.2) is 11.5 Å². The van der Waals surface area contributed by atoms with Crippen LogP contribution in [0.15, 0.2) is 79.0 Å². The summed E-state index contributed by atoms with van der Waals surface area (Å²) in [7, 11) is 0. The summed E-state index contributed by atoms with van der Waals surface area (Å²) in [6, 6.07) is 24.8. The fraction of sp³-hybridized carbons (Fsp3) is 0.231. The van der Waals surface area contributed by atoms with Crippen molar-refractivity contribution >= 4 is 23.3 Å². The van der Waals surface area contributed by atoms with Gasteiger partial charge in [0.2, 0.25) is 0 Å². The lowest BCUT2D eigenvalue weighted by atomic mass is 10.1. The number of hydrogen-bond acceptors (Lipinski definition) is 3. The molecule has 3 aromatic carbocycles. The maximum Gasteiger partial charge on any atom is 0.161 e. The highest BCUT2D eigenvalue weighted by molar-refractivity contribution is 5.85. The van der Waals surface area contributed by atoms with Crippen molar-refractivity contribution in [3.63, 3.8) is 0 Å². The Hall–Kier alpha value is -2.95. The highest BCUT2D eigenvalue weighted by Crippen LogP contribution is 2.29. The van der Waals surface area contributed by atoms with E-state index in [-0.39, 0.29) is 12.4 Å². The van der Waals surface area contributed by atoms with E-state index < -0.39 is 0 Å². The van der Waals surface area contributed by atoms with Crippen LogP contribution in [0.25, 0.3) is 10.9 Å². The molecule has 0 aliphatic carbocycles. The molecule has 0 radical (unpaired) electrons. The molecule has 5 heteroatoms. The van der Waals surface area contributed by atoms with Gasteiger partial charge in [-0.2, -0.15) is 0 Å². The molecule has 0 fully saturated rings. The number of aromatic amines is 1. The molecule has 0 saturated carbocycles. The fourth-order valence-electron chi connectivity index (χ4n) is 3.58. The van der Waals surface area contributed by atoms with Crippen molar-refractivity contribution in [2.24, 2.45) is 0 Å². The van der Waals surface area contributed by atoms with Crippen LogP contribution in [0.3, 0.4) is 0 Å². The fourth-order valence-corrected chi connectivity index (χ4v) is 3.58. The van der Waals surface area contributed by atoms with Gasteiger partial charge >= 0.3 is 0 Å². The van der Waals surface area contributed by atoms with E-state index in [1.54, 1.807) is 0 Å². The molecule has 0 saturated heterocycles. The minimum atomic E-state index is 0. The van der Waals surface area contributed by atoms with Gasteiger partial charge in [0, 0.05) is 23.6 Å². The molecule has 0 unspecified atom stereocenters. The maximum absolute atomic E-state index is 6.00. The number of hydrogen-bond donors (Lipinski definition) is 2. The van der Waals surface area contributed by atoms with E-state index >= 15 is 0 Å². The van der Waals surface area contributed by atoms with E-state index in [0.717, 1.165) is 36.6 Å². The van der Waals surface area contributed by atoms with Crippen molar-refractivity contribution < 1.29 is 9.47 Å². The van der Waals surface area contributed by atoms with Crippen LogP contribution in [0.4, 0.5) is 0 Å². The average molecular weight is 437 g/mol.